The molecular weight excluding hydrogens is 178 g/mol. The van der Waals surface area contributed by atoms with Gasteiger partial charge < -0.3 is 0 Å². The number of nitrogens with one attached hydrogen (secondary N) is 1. The van der Waals surface area contributed by atoms with E-state index >= 15 is 0 Å². The Hall–Kier alpha value is -0.880. The number of aromatic amines is 1. The molecule has 0 radical (unpaired) electrons. The highest BCUT2D eigenvalue weighted by Crippen LogP contribution is 2.11. The number of sulfonamides is 1. The Labute approximate surface area is 71.0 Å². The first kappa shape index (κ1) is 9.21. The molecular formula is C6H11N3O2S. The minimum atomic E-state index is -3.61. The van der Waals surface area contributed by atoms with E-state index < -0.39 is 10.0 Å². The Bertz CT molecular complexity index is 355. The van der Waals surface area contributed by atoms with E-state index in [-0.39, 0.29) is 4.90 Å². The summed E-state index contributed by atoms with van der Waals surface area (Å²) in [5, 5.41) is 11.2. The van der Waals surface area contributed by atoms with Crippen molar-refractivity contribution in [2.75, 3.05) is 0 Å². The van der Waals surface area contributed by atoms with Gasteiger partial charge in [-0.2, -0.15) is 5.10 Å². The zero-order valence-electron chi connectivity index (χ0n) is 6.74. The van der Waals surface area contributed by atoms with Crippen molar-refractivity contribution in [2.45, 2.75) is 24.7 Å². The summed E-state index contributed by atoms with van der Waals surface area (Å²) in [6.45, 7) is 1.95. The summed E-state index contributed by atoms with van der Waals surface area (Å²) in [5.74, 6) is 0. The second-order valence-corrected chi connectivity index (χ2v) is 4.02. The van der Waals surface area contributed by atoms with Gasteiger partial charge in [-0.1, -0.05) is 13.3 Å². The van der Waals surface area contributed by atoms with Crippen molar-refractivity contribution in [3.63, 3.8) is 0 Å². The minimum absolute atomic E-state index is 0.101. The average molecular weight is 189 g/mol. The summed E-state index contributed by atoms with van der Waals surface area (Å²) in [7, 11) is -3.61. The molecule has 0 saturated heterocycles. The smallest absolute Gasteiger partial charge is 0.241 e. The quantitative estimate of drug-likeness (QED) is 0.701. The zero-order chi connectivity index (χ0) is 9.19. The van der Waals surface area contributed by atoms with Crippen LogP contribution in [0.5, 0.6) is 0 Å². The van der Waals surface area contributed by atoms with Crippen LogP contribution in [0.3, 0.4) is 0 Å². The first-order valence-corrected chi connectivity index (χ1v) is 5.15. The molecule has 0 aliphatic carbocycles. The van der Waals surface area contributed by atoms with E-state index in [4.69, 9.17) is 5.14 Å². The number of aryl methyl sites for hydroxylation is 1. The third-order valence-electron chi connectivity index (χ3n) is 1.47. The molecule has 0 amide bonds. The van der Waals surface area contributed by atoms with Gasteiger partial charge >= 0.3 is 0 Å². The van der Waals surface area contributed by atoms with Gasteiger partial charge in [-0.25, -0.2) is 13.6 Å². The van der Waals surface area contributed by atoms with E-state index in [0.717, 1.165) is 6.42 Å². The molecule has 0 aliphatic rings. The summed E-state index contributed by atoms with van der Waals surface area (Å²) in [5.41, 5.74) is 0.514. The Morgan fingerprint density at radius 3 is 2.83 bits per heavy atom. The van der Waals surface area contributed by atoms with Crippen molar-refractivity contribution in [3.8, 4) is 0 Å². The second-order valence-electron chi connectivity index (χ2n) is 2.49. The molecule has 68 valence electrons. The van der Waals surface area contributed by atoms with E-state index in [1.165, 1.54) is 6.20 Å². The van der Waals surface area contributed by atoms with Crippen LogP contribution < -0.4 is 5.14 Å². The molecule has 12 heavy (non-hydrogen) atoms. The molecule has 3 N–H and O–H groups in total. The highest BCUT2D eigenvalue weighted by molar-refractivity contribution is 7.89. The molecule has 0 spiro atoms. The molecule has 1 aromatic heterocycles. The monoisotopic (exact) mass is 189 g/mol. The number of H-pyrrole nitrogens is 1. The summed E-state index contributed by atoms with van der Waals surface area (Å²) in [6, 6.07) is 0. The van der Waals surface area contributed by atoms with Crippen LogP contribution in [0.15, 0.2) is 11.1 Å². The highest BCUT2D eigenvalue weighted by atomic mass is 32.2. The van der Waals surface area contributed by atoms with Gasteiger partial charge in [0.05, 0.1) is 5.69 Å². The lowest BCUT2D eigenvalue weighted by Gasteiger charge is -1.95. The zero-order valence-corrected chi connectivity index (χ0v) is 7.56. The van der Waals surface area contributed by atoms with Crippen molar-refractivity contribution in [1.29, 1.82) is 0 Å². The lowest BCUT2D eigenvalue weighted by Crippen LogP contribution is -2.13. The maximum Gasteiger partial charge on any atom is 0.241 e. The SMILES string of the molecule is CCCc1n[nH]cc1S(N)(=O)=O. The molecule has 1 heterocycles. The number of rotatable bonds is 3. The summed E-state index contributed by atoms with van der Waals surface area (Å²) in [6.07, 6.45) is 2.77. The van der Waals surface area contributed by atoms with Crippen LogP contribution in [0.2, 0.25) is 0 Å². The van der Waals surface area contributed by atoms with Crippen LogP contribution in [0, 0.1) is 0 Å². The van der Waals surface area contributed by atoms with E-state index in [2.05, 4.69) is 10.2 Å². The molecule has 0 saturated carbocycles. The molecule has 1 rings (SSSR count). The predicted molar refractivity (Wildman–Crippen MR) is 44.0 cm³/mol. The fourth-order valence-corrected chi connectivity index (χ4v) is 1.66. The topological polar surface area (TPSA) is 88.8 Å². The van der Waals surface area contributed by atoms with Crippen LogP contribution in [-0.4, -0.2) is 18.6 Å². The Balaban J connectivity index is 3.08. The van der Waals surface area contributed by atoms with Crippen molar-refractivity contribution < 1.29 is 8.42 Å². The Morgan fingerprint density at radius 2 is 2.33 bits per heavy atom. The molecule has 0 atom stereocenters. The number of nitrogens with two attached hydrogens (primary N) is 1. The third-order valence-corrected chi connectivity index (χ3v) is 2.44. The van der Waals surface area contributed by atoms with E-state index in [9.17, 15) is 8.42 Å². The molecule has 1 aromatic rings. The normalized spacial score (nSPS) is 11.8. The maximum atomic E-state index is 10.9. The molecule has 0 aliphatic heterocycles. The molecule has 5 nitrogen and oxygen atoms in total. The first-order chi connectivity index (χ1) is 5.55. The van der Waals surface area contributed by atoms with Gasteiger partial charge in [0.15, 0.2) is 0 Å². The van der Waals surface area contributed by atoms with E-state index in [1.54, 1.807) is 0 Å². The fraction of sp³-hybridized carbons (Fsp3) is 0.500. The summed E-state index contributed by atoms with van der Waals surface area (Å²) < 4.78 is 21.8. The average Bonchev–Trinajstić information content (AvgIpc) is 2.34. The van der Waals surface area contributed by atoms with Gasteiger partial charge in [-0.05, 0) is 6.42 Å². The lowest BCUT2D eigenvalue weighted by molar-refractivity contribution is 0.596. The Morgan fingerprint density at radius 1 is 1.67 bits per heavy atom. The molecule has 0 unspecified atom stereocenters. The number of hydrogen-bond acceptors (Lipinski definition) is 3. The lowest BCUT2D eigenvalue weighted by atomic mass is 10.3. The maximum absolute atomic E-state index is 10.9. The van der Waals surface area contributed by atoms with Gasteiger partial charge in [0.2, 0.25) is 10.0 Å². The second kappa shape index (κ2) is 3.24. The van der Waals surface area contributed by atoms with Gasteiger partial charge in [0.1, 0.15) is 4.90 Å². The molecule has 0 aromatic carbocycles. The summed E-state index contributed by atoms with van der Waals surface area (Å²) in [4.78, 5) is 0.101. The predicted octanol–water partition coefficient (Wildman–Crippen LogP) is 0.00960. The largest absolute Gasteiger partial charge is 0.284 e. The van der Waals surface area contributed by atoms with Crippen molar-refractivity contribution >= 4 is 10.0 Å². The minimum Gasteiger partial charge on any atom is -0.284 e. The third kappa shape index (κ3) is 1.83. The standard InChI is InChI=1S/C6H11N3O2S/c1-2-3-5-6(4-8-9-5)12(7,10)11/h4H,2-3H2,1H3,(H,8,9)(H2,7,10,11). The van der Waals surface area contributed by atoms with Crippen LogP contribution in [0.1, 0.15) is 19.0 Å². The van der Waals surface area contributed by atoms with E-state index in [1.807, 2.05) is 6.92 Å². The van der Waals surface area contributed by atoms with Crippen LogP contribution in [0.25, 0.3) is 0 Å². The number of primary sulfonamides is 1. The van der Waals surface area contributed by atoms with Crippen molar-refractivity contribution in [2.24, 2.45) is 5.14 Å². The molecule has 0 bridgehead atoms. The highest BCUT2D eigenvalue weighted by Gasteiger charge is 2.15. The van der Waals surface area contributed by atoms with Crippen molar-refractivity contribution in [1.82, 2.24) is 10.2 Å². The molecule has 6 heteroatoms. The van der Waals surface area contributed by atoms with Gasteiger partial charge in [-0.15, -0.1) is 0 Å². The number of hydrogen-bond donors (Lipinski definition) is 2. The van der Waals surface area contributed by atoms with E-state index in [0.29, 0.717) is 12.1 Å². The first-order valence-electron chi connectivity index (χ1n) is 3.61. The van der Waals surface area contributed by atoms with Crippen LogP contribution >= 0.6 is 0 Å². The van der Waals surface area contributed by atoms with Gasteiger partial charge in [-0.3, -0.25) is 5.10 Å². The van der Waals surface area contributed by atoms with Crippen LogP contribution in [-0.2, 0) is 16.4 Å². The summed E-state index contributed by atoms with van der Waals surface area (Å²) >= 11 is 0. The van der Waals surface area contributed by atoms with Gasteiger partial charge in [0.25, 0.3) is 0 Å². The Kier molecular flexibility index (Phi) is 2.49. The van der Waals surface area contributed by atoms with Gasteiger partial charge in [0, 0.05) is 6.20 Å². The van der Waals surface area contributed by atoms with Crippen molar-refractivity contribution in [3.05, 3.63) is 11.9 Å². The van der Waals surface area contributed by atoms with Crippen LogP contribution in [0.4, 0.5) is 0 Å². The molecule has 0 fully saturated rings. The fourth-order valence-electron chi connectivity index (χ4n) is 0.969. The number of nitrogens with zero attached hydrogens (tertiary/aromatic N) is 1. The number of aromatic nitrogens is 2.